The summed E-state index contributed by atoms with van der Waals surface area (Å²) in [6.45, 7) is 0. The van der Waals surface area contributed by atoms with E-state index in [9.17, 15) is 4.79 Å². The summed E-state index contributed by atoms with van der Waals surface area (Å²) >= 11 is 0. The smallest absolute Gasteiger partial charge is 0.305 e. The van der Waals surface area contributed by atoms with Gasteiger partial charge >= 0.3 is 5.97 Å². The maximum Gasteiger partial charge on any atom is 0.305 e. The molecule has 2 nitrogen and oxygen atoms in total. The van der Waals surface area contributed by atoms with Gasteiger partial charge in [-0.25, -0.2) is 0 Å². The minimum Gasteiger partial charge on any atom is -0.469 e. The molecule has 2 aromatic carbocycles. The van der Waals surface area contributed by atoms with E-state index in [1.165, 1.54) is 88.0 Å². The van der Waals surface area contributed by atoms with Crippen molar-refractivity contribution in [3.63, 3.8) is 0 Å². The largest absolute Gasteiger partial charge is 0.469 e. The Kier molecular flexibility index (Phi) is 8.20. The van der Waals surface area contributed by atoms with E-state index in [-0.39, 0.29) is 13.9 Å². The van der Waals surface area contributed by atoms with Crippen molar-refractivity contribution in [2.75, 3.05) is 7.11 Å². The number of hydrogen-bond acceptors (Lipinski definition) is 2. The van der Waals surface area contributed by atoms with E-state index >= 15 is 0 Å². The number of rotatable bonds is 7. The summed E-state index contributed by atoms with van der Waals surface area (Å²) in [4.78, 5) is 11.8. The molecule has 166 valence electrons. The number of carbonyl (C=O) groups is 1. The van der Waals surface area contributed by atoms with Crippen LogP contribution < -0.4 is 5.30 Å². The maximum absolute atomic E-state index is 11.8. The summed E-state index contributed by atoms with van der Waals surface area (Å²) in [7, 11) is 1.31. The molecule has 2 aliphatic rings. The van der Waals surface area contributed by atoms with Gasteiger partial charge in [-0.05, 0) is 65.4 Å². The third-order valence-corrected chi connectivity index (χ3v) is 10.8. The van der Waals surface area contributed by atoms with Crippen molar-refractivity contribution >= 4 is 19.2 Å². The first-order valence-electron chi connectivity index (χ1n) is 12.3. The summed E-state index contributed by atoms with van der Waals surface area (Å²) in [6, 6.07) is 18.0. The van der Waals surface area contributed by atoms with Crippen molar-refractivity contribution in [2.45, 2.75) is 88.4 Å². The molecule has 0 bridgehead atoms. The van der Waals surface area contributed by atoms with Gasteiger partial charge in [0.1, 0.15) is 0 Å². The number of aryl methyl sites for hydroxylation is 1. The van der Waals surface area contributed by atoms with Crippen molar-refractivity contribution in [1.82, 2.24) is 0 Å². The molecule has 0 radical (unpaired) electrons. The Balaban J connectivity index is 1.72. The highest BCUT2D eigenvalue weighted by Crippen LogP contribution is 2.56. The topological polar surface area (TPSA) is 26.3 Å². The number of esters is 1. The number of ether oxygens (including phenoxy) is 1. The van der Waals surface area contributed by atoms with Gasteiger partial charge in [0, 0.05) is 6.42 Å². The zero-order valence-electron chi connectivity index (χ0n) is 19.0. The second-order valence-corrected chi connectivity index (χ2v) is 12.0. The van der Waals surface area contributed by atoms with Crippen molar-refractivity contribution in [1.29, 1.82) is 0 Å². The molecule has 0 saturated heterocycles. The van der Waals surface area contributed by atoms with Gasteiger partial charge in [-0.3, -0.25) is 4.79 Å². The Labute approximate surface area is 189 Å². The predicted octanol–water partition coefficient (Wildman–Crippen LogP) is 7.23. The van der Waals surface area contributed by atoms with E-state index in [0.29, 0.717) is 6.42 Å². The summed E-state index contributed by atoms with van der Waals surface area (Å²) in [5, 5.41) is 1.63. The Morgan fingerprint density at radius 1 is 0.806 bits per heavy atom. The van der Waals surface area contributed by atoms with Crippen LogP contribution in [0.5, 0.6) is 0 Å². The van der Waals surface area contributed by atoms with Crippen LogP contribution in [0.15, 0.2) is 48.5 Å². The van der Waals surface area contributed by atoms with Crippen molar-refractivity contribution in [3.05, 3.63) is 54.1 Å². The molecule has 4 rings (SSSR count). The van der Waals surface area contributed by atoms with Gasteiger partial charge in [0.15, 0.2) is 0 Å². The molecule has 0 N–H and O–H groups in total. The van der Waals surface area contributed by atoms with Crippen LogP contribution in [0.2, 0.25) is 0 Å². The Bertz CT molecular complexity index is 832. The van der Waals surface area contributed by atoms with Crippen molar-refractivity contribution in [2.24, 2.45) is 0 Å². The average Bonchev–Trinajstić information content (AvgIpc) is 2.84. The lowest BCUT2D eigenvalue weighted by atomic mass is 9.96. The summed E-state index contributed by atoms with van der Waals surface area (Å²) in [5.74, 6) is -0.130. The number of methoxy groups -OCH3 is 1. The summed E-state index contributed by atoms with van der Waals surface area (Å²) < 4.78 is 4.90. The van der Waals surface area contributed by atoms with E-state index in [2.05, 4.69) is 48.5 Å². The maximum atomic E-state index is 11.8. The van der Waals surface area contributed by atoms with Gasteiger partial charge in [-0.2, -0.15) is 0 Å². The molecule has 0 spiro atoms. The van der Waals surface area contributed by atoms with Crippen LogP contribution in [-0.2, 0) is 16.0 Å². The highest BCUT2D eigenvalue weighted by atomic mass is 31.1. The minimum absolute atomic E-state index is 0.130. The molecule has 2 fully saturated rings. The molecule has 0 unspecified atom stereocenters. The minimum atomic E-state index is -0.165. The van der Waals surface area contributed by atoms with E-state index in [1.807, 2.05) is 0 Å². The van der Waals surface area contributed by atoms with Gasteiger partial charge in [0.25, 0.3) is 0 Å². The van der Waals surface area contributed by atoms with Crippen LogP contribution in [0.3, 0.4) is 0 Å². The van der Waals surface area contributed by atoms with Gasteiger partial charge in [-0.1, -0.05) is 95.0 Å². The van der Waals surface area contributed by atoms with Crippen LogP contribution in [0.4, 0.5) is 0 Å². The third kappa shape index (κ3) is 5.58. The van der Waals surface area contributed by atoms with E-state index < -0.39 is 0 Å². The van der Waals surface area contributed by atoms with Crippen LogP contribution in [0, 0.1) is 0 Å². The first-order chi connectivity index (χ1) is 15.3. The molecule has 0 amide bonds. The molecule has 0 heterocycles. The molecule has 2 aliphatic carbocycles. The second kappa shape index (κ2) is 11.3. The van der Waals surface area contributed by atoms with E-state index in [4.69, 9.17) is 4.74 Å². The van der Waals surface area contributed by atoms with E-state index in [1.54, 1.807) is 5.30 Å². The fourth-order valence-corrected chi connectivity index (χ4v) is 9.63. The normalized spacial score (nSPS) is 18.3. The van der Waals surface area contributed by atoms with Gasteiger partial charge < -0.3 is 4.74 Å². The molecule has 2 aromatic rings. The van der Waals surface area contributed by atoms with Gasteiger partial charge in [0.2, 0.25) is 0 Å². The number of carbonyl (C=O) groups excluding carboxylic acids is 1. The standard InChI is InChI=1S/C28H37O2P/c1-30-28(29)21-20-22-12-8-9-17-25(22)26-18-10-11-19-27(26)31(23-13-4-2-5-14-23)24-15-6-3-7-16-24/h8-12,17-19,23-24H,2-7,13-16,20-21H2,1H3. The number of hydrogen-bond donors (Lipinski definition) is 0. The Hall–Kier alpha value is -1.66. The summed E-state index contributed by atoms with van der Waals surface area (Å²) in [5.41, 5.74) is 5.78. The first kappa shape index (κ1) is 22.5. The second-order valence-electron chi connectivity index (χ2n) is 9.24. The highest BCUT2D eigenvalue weighted by Gasteiger charge is 2.33. The Morgan fingerprint density at radius 2 is 1.35 bits per heavy atom. The van der Waals surface area contributed by atoms with Crippen LogP contribution in [0.1, 0.15) is 76.2 Å². The van der Waals surface area contributed by atoms with Crippen LogP contribution in [-0.4, -0.2) is 24.4 Å². The zero-order valence-corrected chi connectivity index (χ0v) is 19.9. The molecule has 2 saturated carbocycles. The Morgan fingerprint density at radius 3 is 1.97 bits per heavy atom. The number of benzene rings is 2. The SMILES string of the molecule is COC(=O)CCc1ccccc1-c1ccccc1P(C1CCCCC1)C1CCCCC1. The van der Waals surface area contributed by atoms with Crippen molar-refractivity contribution < 1.29 is 9.53 Å². The lowest BCUT2D eigenvalue weighted by Gasteiger charge is -2.39. The molecule has 31 heavy (non-hydrogen) atoms. The summed E-state index contributed by atoms with van der Waals surface area (Å²) in [6.07, 6.45) is 15.3. The van der Waals surface area contributed by atoms with Gasteiger partial charge in [0.05, 0.1) is 7.11 Å². The monoisotopic (exact) mass is 436 g/mol. The third-order valence-electron chi connectivity index (χ3n) is 7.25. The molecule has 0 atom stereocenters. The van der Waals surface area contributed by atoms with Crippen LogP contribution in [0.25, 0.3) is 11.1 Å². The van der Waals surface area contributed by atoms with Gasteiger partial charge in [-0.15, -0.1) is 0 Å². The highest BCUT2D eigenvalue weighted by molar-refractivity contribution is 7.67. The van der Waals surface area contributed by atoms with E-state index in [0.717, 1.165) is 17.7 Å². The molecular formula is C28H37O2P. The molecule has 0 aliphatic heterocycles. The average molecular weight is 437 g/mol. The van der Waals surface area contributed by atoms with Crippen LogP contribution >= 0.6 is 7.92 Å². The lowest BCUT2D eigenvalue weighted by molar-refractivity contribution is -0.140. The fourth-order valence-electron chi connectivity index (χ4n) is 5.68. The first-order valence-corrected chi connectivity index (χ1v) is 13.8. The molecule has 0 aromatic heterocycles. The zero-order chi connectivity index (χ0) is 21.5. The molecular weight excluding hydrogens is 399 g/mol. The lowest BCUT2D eigenvalue weighted by Crippen LogP contribution is -2.27. The fraction of sp³-hybridized carbons (Fsp3) is 0.536. The van der Waals surface area contributed by atoms with Crippen molar-refractivity contribution in [3.8, 4) is 11.1 Å². The quantitative estimate of drug-likeness (QED) is 0.338. The predicted molar refractivity (Wildman–Crippen MR) is 133 cm³/mol. The molecule has 3 heteroatoms.